The lowest BCUT2D eigenvalue weighted by Crippen LogP contribution is -1.95. The Morgan fingerprint density at radius 2 is 2.07 bits per heavy atom. The lowest BCUT2D eigenvalue weighted by Gasteiger charge is -2.00. The van der Waals surface area contributed by atoms with E-state index < -0.39 is 9.05 Å². The average molecular weight is 264 g/mol. The molecule has 0 amide bonds. The van der Waals surface area contributed by atoms with Gasteiger partial charge in [0.05, 0.1) is 10.8 Å². The van der Waals surface area contributed by atoms with Crippen LogP contribution in [0.5, 0.6) is 0 Å². The van der Waals surface area contributed by atoms with Gasteiger partial charge in [0, 0.05) is 27.8 Å². The first kappa shape index (κ1) is 10.8. The van der Waals surface area contributed by atoms with Gasteiger partial charge in [-0.15, -0.1) is 0 Å². The highest BCUT2D eigenvalue weighted by Crippen LogP contribution is 2.28. The molecule has 0 aliphatic carbocycles. The monoisotopic (exact) mass is 263 g/mol. The predicted molar refractivity (Wildman–Crippen MR) is 61.8 cm³/mol. The van der Waals surface area contributed by atoms with Crippen molar-refractivity contribution in [2.45, 2.75) is 5.75 Å². The molecule has 2 aromatic rings. The van der Waals surface area contributed by atoms with Crippen molar-refractivity contribution in [3.8, 4) is 0 Å². The number of fused-ring (bicyclic) bond motifs is 1. The number of halogens is 2. The van der Waals surface area contributed by atoms with Gasteiger partial charge in [-0.05, 0) is 11.6 Å². The first-order valence-corrected chi connectivity index (χ1v) is 7.00. The van der Waals surface area contributed by atoms with E-state index in [-0.39, 0.29) is 5.75 Å². The van der Waals surface area contributed by atoms with E-state index >= 15 is 0 Å². The molecule has 1 aromatic heterocycles. The van der Waals surface area contributed by atoms with Crippen molar-refractivity contribution < 1.29 is 8.42 Å². The number of hydrogen-bond donors (Lipinski definition) is 1. The molecule has 3 nitrogen and oxygen atoms in total. The summed E-state index contributed by atoms with van der Waals surface area (Å²) in [7, 11) is 1.64. The number of aromatic amines is 1. The molecule has 0 saturated carbocycles. The van der Waals surface area contributed by atoms with Crippen LogP contribution in [0.3, 0.4) is 0 Å². The number of rotatable bonds is 2. The van der Waals surface area contributed by atoms with E-state index in [4.69, 9.17) is 22.3 Å². The van der Waals surface area contributed by atoms with Gasteiger partial charge in [0.2, 0.25) is 9.05 Å². The van der Waals surface area contributed by atoms with Gasteiger partial charge < -0.3 is 4.98 Å². The Labute approximate surface area is 96.4 Å². The van der Waals surface area contributed by atoms with Crippen LogP contribution in [0.2, 0.25) is 5.02 Å². The molecule has 80 valence electrons. The smallest absolute Gasteiger partial charge is 0.236 e. The van der Waals surface area contributed by atoms with Crippen LogP contribution < -0.4 is 0 Å². The molecule has 0 aliphatic rings. The zero-order chi connectivity index (χ0) is 11.1. The zero-order valence-electron chi connectivity index (χ0n) is 7.50. The molecule has 0 atom stereocenters. The van der Waals surface area contributed by atoms with Crippen LogP contribution in [0.4, 0.5) is 0 Å². The lowest BCUT2D eigenvalue weighted by molar-refractivity contribution is 0.609. The maximum absolute atomic E-state index is 11.0. The Morgan fingerprint density at radius 3 is 2.73 bits per heavy atom. The first-order chi connectivity index (χ1) is 6.97. The van der Waals surface area contributed by atoms with Gasteiger partial charge in [-0.25, -0.2) is 8.42 Å². The van der Waals surface area contributed by atoms with Gasteiger partial charge in [-0.3, -0.25) is 0 Å². The van der Waals surface area contributed by atoms with Crippen LogP contribution in [-0.4, -0.2) is 13.4 Å². The highest BCUT2D eigenvalue weighted by molar-refractivity contribution is 8.13. The Morgan fingerprint density at radius 1 is 1.33 bits per heavy atom. The fourth-order valence-corrected chi connectivity index (χ4v) is 2.76. The molecule has 0 aliphatic heterocycles. The van der Waals surface area contributed by atoms with Gasteiger partial charge in [0.15, 0.2) is 0 Å². The van der Waals surface area contributed by atoms with Crippen molar-refractivity contribution in [3.63, 3.8) is 0 Å². The maximum atomic E-state index is 11.0. The van der Waals surface area contributed by atoms with Crippen molar-refractivity contribution in [3.05, 3.63) is 35.0 Å². The topological polar surface area (TPSA) is 49.9 Å². The largest absolute Gasteiger partial charge is 0.360 e. The van der Waals surface area contributed by atoms with E-state index in [1.165, 1.54) is 0 Å². The summed E-state index contributed by atoms with van der Waals surface area (Å²) in [6.07, 6.45) is 1.62. The van der Waals surface area contributed by atoms with E-state index in [1.54, 1.807) is 18.3 Å². The maximum Gasteiger partial charge on any atom is 0.236 e. The Bertz CT molecular complexity index is 604. The molecular formula is C9H7Cl2NO2S. The number of aromatic nitrogens is 1. The first-order valence-electron chi connectivity index (χ1n) is 4.14. The Balaban J connectivity index is 2.65. The number of hydrogen-bond acceptors (Lipinski definition) is 2. The van der Waals surface area contributed by atoms with E-state index in [1.807, 2.05) is 6.07 Å². The third-order valence-corrected chi connectivity index (χ3v) is 3.35. The van der Waals surface area contributed by atoms with Crippen molar-refractivity contribution in [1.82, 2.24) is 4.98 Å². The molecule has 0 saturated heterocycles. The van der Waals surface area contributed by atoms with E-state index in [2.05, 4.69) is 4.98 Å². The van der Waals surface area contributed by atoms with E-state index in [0.717, 1.165) is 5.52 Å². The fraction of sp³-hybridized carbons (Fsp3) is 0.111. The summed E-state index contributed by atoms with van der Waals surface area (Å²) in [5.41, 5.74) is 1.41. The Hall–Kier alpha value is -0.710. The summed E-state index contributed by atoms with van der Waals surface area (Å²) < 4.78 is 22.0. The highest BCUT2D eigenvalue weighted by Gasteiger charge is 2.12. The number of nitrogens with one attached hydrogen (secondary N) is 1. The normalized spacial score (nSPS) is 12.1. The van der Waals surface area contributed by atoms with Crippen LogP contribution in [-0.2, 0) is 14.8 Å². The minimum Gasteiger partial charge on any atom is -0.360 e. The summed E-state index contributed by atoms with van der Waals surface area (Å²) in [6, 6.07) is 5.28. The molecule has 1 heterocycles. The van der Waals surface area contributed by atoms with Gasteiger partial charge in [-0.1, -0.05) is 23.7 Å². The molecule has 0 fully saturated rings. The number of benzene rings is 1. The third-order valence-electron chi connectivity index (χ3n) is 2.07. The second-order valence-corrected chi connectivity index (χ2v) is 6.34. The van der Waals surface area contributed by atoms with Gasteiger partial charge in [0.1, 0.15) is 0 Å². The summed E-state index contributed by atoms with van der Waals surface area (Å²) in [6.45, 7) is 0. The van der Waals surface area contributed by atoms with Crippen molar-refractivity contribution >= 4 is 42.2 Å². The van der Waals surface area contributed by atoms with Gasteiger partial charge in [-0.2, -0.15) is 0 Å². The molecule has 1 aromatic carbocycles. The molecule has 1 N–H and O–H groups in total. The van der Waals surface area contributed by atoms with Crippen molar-refractivity contribution in [1.29, 1.82) is 0 Å². The molecule has 6 heteroatoms. The van der Waals surface area contributed by atoms with Crippen LogP contribution in [0.1, 0.15) is 5.56 Å². The molecule has 0 unspecified atom stereocenters. The second-order valence-electron chi connectivity index (χ2n) is 3.16. The molecule has 0 radical (unpaired) electrons. The predicted octanol–water partition coefficient (Wildman–Crippen LogP) is 2.89. The van der Waals surface area contributed by atoms with Crippen molar-refractivity contribution in [2.24, 2.45) is 0 Å². The SMILES string of the molecule is O=S(=O)(Cl)Cc1cccc2[nH]cc(Cl)c12. The van der Waals surface area contributed by atoms with Crippen LogP contribution in [0, 0.1) is 0 Å². The van der Waals surface area contributed by atoms with Crippen LogP contribution in [0.15, 0.2) is 24.4 Å². The van der Waals surface area contributed by atoms with E-state index in [0.29, 0.717) is 16.0 Å². The van der Waals surface area contributed by atoms with E-state index in [9.17, 15) is 8.42 Å². The summed E-state index contributed by atoms with van der Waals surface area (Å²) in [4.78, 5) is 2.94. The minimum absolute atomic E-state index is 0.219. The van der Waals surface area contributed by atoms with Crippen molar-refractivity contribution in [2.75, 3.05) is 0 Å². The molecule has 15 heavy (non-hydrogen) atoms. The fourth-order valence-electron chi connectivity index (χ4n) is 1.52. The minimum atomic E-state index is -3.56. The molecule has 0 bridgehead atoms. The van der Waals surface area contributed by atoms with Gasteiger partial charge in [0.25, 0.3) is 0 Å². The summed E-state index contributed by atoms with van der Waals surface area (Å²) in [5.74, 6) is -0.219. The molecule has 2 rings (SSSR count). The third kappa shape index (κ3) is 2.27. The van der Waals surface area contributed by atoms with Crippen LogP contribution in [0.25, 0.3) is 10.9 Å². The standard InChI is InChI=1S/C9H7Cl2NO2S/c10-7-4-12-8-3-1-2-6(9(7)8)5-15(11,13)14/h1-4,12H,5H2. The summed E-state index contributed by atoms with van der Waals surface area (Å²) in [5, 5.41) is 1.21. The molecular weight excluding hydrogens is 257 g/mol. The summed E-state index contributed by atoms with van der Waals surface area (Å²) >= 11 is 5.94. The zero-order valence-corrected chi connectivity index (χ0v) is 9.83. The van der Waals surface area contributed by atoms with Crippen LogP contribution >= 0.6 is 22.3 Å². The number of H-pyrrole nitrogens is 1. The Kier molecular flexibility index (Phi) is 2.66. The average Bonchev–Trinajstić information content (AvgIpc) is 2.46. The second kappa shape index (κ2) is 3.70. The quantitative estimate of drug-likeness (QED) is 0.848. The van der Waals surface area contributed by atoms with Gasteiger partial charge >= 0.3 is 0 Å². The molecule has 0 spiro atoms. The highest BCUT2D eigenvalue weighted by atomic mass is 35.7. The lowest BCUT2D eigenvalue weighted by atomic mass is 10.1.